The van der Waals surface area contributed by atoms with E-state index in [2.05, 4.69) is 15.9 Å². The molecule has 1 atom stereocenters. The number of aromatic hydroxyl groups is 1. The summed E-state index contributed by atoms with van der Waals surface area (Å²) in [7, 11) is 2.96. The highest BCUT2D eigenvalue weighted by atomic mass is 79.9. The van der Waals surface area contributed by atoms with Gasteiger partial charge in [-0.3, -0.25) is 9.59 Å². The SMILES string of the molecule is CCOc1cccc(C(O)=C2C(=O)C(=O)N(CCCOC)C2c2cc(Br)c(O)c(OC)c2)c1. The molecule has 176 valence electrons. The van der Waals surface area contributed by atoms with Gasteiger partial charge in [-0.25, -0.2) is 0 Å². The zero-order valence-electron chi connectivity index (χ0n) is 18.6. The molecule has 1 amide bonds. The molecule has 1 unspecified atom stereocenters. The molecule has 1 aliphatic rings. The van der Waals surface area contributed by atoms with Crippen LogP contribution >= 0.6 is 15.9 Å². The van der Waals surface area contributed by atoms with Gasteiger partial charge in [-0.1, -0.05) is 12.1 Å². The Balaban J connectivity index is 2.19. The van der Waals surface area contributed by atoms with Crippen LogP contribution in [-0.2, 0) is 14.3 Å². The van der Waals surface area contributed by atoms with Crippen molar-refractivity contribution < 1.29 is 34.0 Å². The van der Waals surface area contributed by atoms with Gasteiger partial charge < -0.3 is 29.3 Å². The van der Waals surface area contributed by atoms with Crippen molar-refractivity contribution in [1.29, 1.82) is 0 Å². The van der Waals surface area contributed by atoms with Gasteiger partial charge in [0.15, 0.2) is 11.5 Å². The number of nitrogens with zero attached hydrogens (tertiary/aromatic N) is 1. The van der Waals surface area contributed by atoms with Crippen LogP contribution in [0, 0.1) is 0 Å². The first kappa shape index (κ1) is 24.6. The number of phenols is 1. The van der Waals surface area contributed by atoms with Crippen molar-refractivity contribution in [2.24, 2.45) is 0 Å². The van der Waals surface area contributed by atoms with Crippen molar-refractivity contribution in [2.45, 2.75) is 19.4 Å². The molecule has 33 heavy (non-hydrogen) atoms. The van der Waals surface area contributed by atoms with Gasteiger partial charge in [0.2, 0.25) is 0 Å². The summed E-state index contributed by atoms with van der Waals surface area (Å²) in [4.78, 5) is 27.5. The normalized spacial score (nSPS) is 17.5. The molecule has 8 nitrogen and oxygen atoms in total. The predicted octanol–water partition coefficient (Wildman–Crippen LogP) is 4.02. The fourth-order valence-electron chi connectivity index (χ4n) is 3.80. The van der Waals surface area contributed by atoms with Crippen LogP contribution in [0.4, 0.5) is 0 Å². The highest BCUT2D eigenvalue weighted by Crippen LogP contribution is 2.44. The molecule has 0 spiro atoms. The van der Waals surface area contributed by atoms with E-state index in [-0.39, 0.29) is 29.4 Å². The third-order valence-electron chi connectivity index (χ3n) is 5.29. The molecule has 0 saturated carbocycles. The van der Waals surface area contributed by atoms with Gasteiger partial charge in [-0.2, -0.15) is 0 Å². The number of hydrogen-bond donors (Lipinski definition) is 2. The lowest BCUT2D eigenvalue weighted by molar-refractivity contribution is -0.140. The number of benzene rings is 2. The second-order valence-electron chi connectivity index (χ2n) is 7.35. The van der Waals surface area contributed by atoms with Gasteiger partial charge in [0.05, 0.1) is 29.8 Å². The second kappa shape index (κ2) is 10.7. The Morgan fingerprint density at radius 1 is 1.18 bits per heavy atom. The first-order chi connectivity index (χ1) is 15.8. The van der Waals surface area contributed by atoms with Gasteiger partial charge in [-0.15, -0.1) is 0 Å². The average molecular weight is 520 g/mol. The van der Waals surface area contributed by atoms with Crippen molar-refractivity contribution in [3.8, 4) is 17.2 Å². The largest absolute Gasteiger partial charge is 0.507 e. The average Bonchev–Trinajstić information content (AvgIpc) is 3.06. The molecule has 0 bridgehead atoms. The standard InChI is InChI=1S/C24H26BrNO7/c1-4-33-16-8-5-7-14(11-16)21(27)19-20(15-12-17(25)22(28)18(13-15)32-3)26(9-6-10-31-2)24(30)23(19)29/h5,7-8,11-13,20,27-28H,4,6,9-10H2,1-3H3. The van der Waals surface area contributed by atoms with Crippen LogP contribution in [0.3, 0.4) is 0 Å². The number of amides is 1. The number of carbonyl (C=O) groups excluding carboxylic acids is 2. The van der Waals surface area contributed by atoms with Gasteiger partial charge in [0.1, 0.15) is 11.5 Å². The van der Waals surface area contributed by atoms with E-state index in [0.29, 0.717) is 41.0 Å². The molecule has 2 aromatic carbocycles. The molecule has 0 radical (unpaired) electrons. The number of phenolic OH excluding ortho intramolecular Hbond substituents is 1. The van der Waals surface area contributed by atoms with Crippen molar-refractivity contribution in [2.75, 3.05) is 34.0 Å². The summed E-state index contributed by atoms with van der Waals surface area (Å²) in [5.41, 5.74) is 0.798. The summed E-state index contributed by atoms with van der Waals surface area (Å²) >= 11 is 3.29. The number of aliphatic hydroxyl groups excluding tert-OH is 1. The summed E-state index contributed by atoms with van der Waals surface area (Å²) < 4.78 is 16.2. The van der Waals surface area contributed by atoms with Crippen LogP contribution in [0.5, 0.6) is 17.2 Å². The first-order valence-corrected chi connectivity index (χ1v) is 11.2. The number of carbonyl (C=O) groups is 2. The Kier molecular flexibility index (Phi) is 7.99. The van der Waals surface area contributed by atoms with E-state index >= 15 is 0 Å². The predicted molar refractivity (Wildman–Crippen MR) is 125 cm³/mol. The first-order valence-electron chi connectivity index (χ1n) is 10.4. The monoisotopic (exact) mass is 519 g/mol. The van der Waals surface area contributed by atoms with E-state index in [9.17, 15) is 19.8 Å². The number of hydrogen-bond acceptors (Lipinski definition) is 7. The van der Waals surface area contributed by atoms with Gasteiger partial charge in [0, 0.05) is 25.8 Å². The molecule has 1 aliphatic heterocycles. The quantitative estimate of drug-likeness (QED) is 0.223. The third kappa shape index (κ3) is 4.99. The molecule has 3 rings (SSSR count). The lowest BCUT2D eigenvalue weighted by Gasteiger charge is -2.26. The Hall–Kier alpha value is -3.04. The highest BCUT2D eigenvalue weighted by molar-refractivity contribution is 9.10. The molecule has 1 saturated heterocycles. The van der Waals surface area contributed by atoms with Crippen LogP contribution in [0.25, 0.3) is 5.76 Å². The fourth-order valence-corrected chi connectivity index (χ4v) is 4.26. The van der Waals surface area contributed by atoms with E-state index in [0.717, 1.165) is 0 Å². The molecule has 9 heteroatoms. The number of methoxy groups -OCH3 is 2. The fraction of sp³-hybridized carbons (Fsp3) is 0.333. The number of ether oxygens (including phenoxy) is 3. The number of rotatable bonds is 9. The van der Waals surface area contributed by atoms with Crippen molar-refractivity contribution in [3.05, 3.63) is 57.6 Å². The number of aliphatic hydroxyl groups is 1. The maximum absolute atomic E-state index is 13.1. The van der Waals surface area contributed by atoms with Gasteiger partial charge in [0.25, 0.3) is 11.7 Å². The summed E-state index contributed by atoms with van der Waals surface area (Å²) in [6.45, 7) is 2.91. The number of Topliss-reactive ketones (excluding diaryl/α,β-unsaturated/α-hetero) is 1. The summed E-state index contributed by atoms with van der Waals surface area (Å²) in [6, 6.07) is 8.95. The Morgan fingerprint density at radius 2 is 1.94 bits per heavy atom. The lowest BCUT2D eigenvalue weighted by atomic mass is 9.95. The van der Waals surface area contributed by atoms with E-state index in [1.165, 1.54) is 12.0 Å². The smallest absolute Gasteiger partial charge is 0.295 e. The van der Waals surface area contributed by atoms with Crippen LogP contribution in [0.15, 0.2) is 46.4 Å². The van der Waals surface area contributed by atoms with E-state index in [1.807, 2.05) is 6.92 Å². The van der Waals surface area contributed by atoms with Crippen molar-refractivity contribution in [1.82, 2.24) is 4.90 Å². The molecule has 1 heterocycles. The molecular weight excluding hydrogens is 494 g/mol. The van der Waals surface area contributed by atoms with Crippen LogP contribution < -0.4 is 9.47 Å². The zero-order valence-corrected chi connectivity index (χ0v) is 20.2. The van der Waals surface area contributed by atoms with E-state index in [1.54, 1.807) is 43.5 Å². The number of halogens is 1. The minimum Gasteiger partial charge on any atom is -0.507 e. The lowest BCUT2D eigenvalue weighted by Crippen LogP contribution is -2.31. The number of ketones is 1. The molecule has 0 aliphatic carbocycles. The summed E-state index contributed by atoms with van der Waals surface area (Å²) in [5, 5.41) is 21.4. The van der Waals surface area contributed by atoms with E-state index < -0.39 is 17.7 Å². The maximum atomic E-state index is 13.1. The van der Waals surface area contributed by atoms with Crippen LogP contribution in [-0.4, -0.2) is 60.8 Å². The summed E-state index contributed by atoms with van der Waals surface area (Å²) in [5.74, 6) is -1.23. The molecule has 2 N–H and O–H groups in total. The summed E-state index contributed by atoms with van der Waals surface area (Å²) in [6.07, 6.45) is 0.496. The van der Waals surface area contributed by atoms with Crippen molar-refractivity contribution in [3.63, 3.8) is 0 Å². The molecule has 2 aromatic rings. The molecular formula is C24H26BrNO7. The van der Waals surface area contributed by atoms with E-state index in [4.69, 9.17) is 14.2 Å². The Labute approximate surface area is 200 Å². The molecule has 1 fully saturated rings. The Bertz CT molecular complexity index is 1080. The Morgan fingerprint density at radius 3 is 2.61 bits per heavy atom. The minimum absolute atomic E-state index is 0.0503. The third-order valence-corrected chi connectivity index (χ3v) is 5.90. The maximum Gasteiger partial charge on any atom is 0.295 e. The van der Waals surface area contributed by atoms with Crippen LogP contribution in [0.2, 0.25) is 0 Å². The van der Waals surface area contributed by atoms with Gasteiger partial charge >= 0.3 is 0 Å². The van der Waals surface area contributed by atoms with Crippen LogP contribution in [0.1, 0.15) is 30.5 Å². The zero-order chi connectivity index (χ0) is 24.1. The molecule has 0 aromatic heterocycles. The second-order valence-corrected chi connectivity index (χ2v) is 8.21. The topological polar surface area (TPSA) is 106 Å². The van der Waals surface area contributed by atoms with Gasteiger partial charge in [-0.05, 0) is 59.1 Å². The minimum atomic E-state index is -0.886. The highest BCUT2D eigenvalue weighted by Gasteiger charge is 2.46. The van der Waals surface area contributed by atoms with Crippen molar-refractivity contribution >= 4 is 33.4 Å². The number of likely N-dealkylation sites (tertiary alicyclic amines) is 1.